The molecule has 6 unspecified atom stereocenters. The van der Waals surface area contributed by atoms with Gasteiger partial charge in [0.2, 0.25) is 0 Å². The average Bonchev–Trinajstić information content (AvgIpc) is 2.74. The molecule has 2 nitrogen and oxygen atoms in total. The van der Waals surface area contributed by atoms with E-state index in [1.807, 2.05) is 0 Å². The molecular weight excluding hydrogens is 248 g/mol. The first kappa shape index (κ1) is 13.1. The molecule has 3 fully saturated rings. The zero-order chi connectivity index (χ0) is 13.9. The summed E-state index contributed by atoms with van der Waals surface area (Å²) >= 11 is 0. The molecule has 110 valence electrons. The lowest BCUT2D eigenvalue weighted by Gasteiger charge is -2.54. The Balaban J connectivity index is 1.70. The Morgan fingerprint density at radius 2 is 2.10 bits per heavy atom. The zero-order valence-corrected chi connectivity index (χ0v) is 12.5. The lowest BCUT2D eigenvalue weighted by Crippen LogP contribution is -2.52. The molecule has 0 aromatic rings. The van der Waals surface area contributed by atoms with E-state index in [-0.39, 0.29) is 11.5 Å². The monoisotopic (exact) mass is 274 g/mol. The second kappa shape index (κ2) is 4.43. The van der Waals surface area contributed by atoms with Gasteiger partial charge in [-0.1, -0.05) is 18.6 Å². The van der Waals surface area contributed by atoms with Crippen LogP contribution in [0.1, 0.15) is 58.3 Å². The van der Waals surface area contributed by atoms with Gasteiger partial charge in [-0.25, -0.2) is 0 Å². The maximum Gasteiger partial charge on any atom is 0.139 e. The fourth-order valence-corrected chi connectivity index (χ4v) is 6.16. The van der Waals surface area contributed by atoms with Crippen LogP contribution in [0, 0.1) is 29.1 Å². The third kappa shape index (κ3) is 1.63. The van der Waals surface area contributed by atoms with E-state index in [0.717, 1.165) is 19.3 Å². The van der Waals surface area contributed by atoms with E-state index in [4.69, 9.17) is 0 Å². The van der Waals surface area contributed by atoms with Gasteiger partial charge >= 0.3 is 0 Å². The molecule has 0 radical (unpaired) electrons. The number of allylic oxidation sites excluding steroid dienone is 2. The van der Waals surface area contributed by atoms with E-state index >= 15 is 0 Å². The molecule has 0 bridgehead atoms. The molecule has 4 aliphatic carbocycles. The third-order valence-corrected chi connectivity index (χ3v) is 7.06. The number of rotatable bonds is 0. The molecule has 6 atom stereocenters. The highest BCUT2D eigenvalue weighted by Crippen LogP contribution is 2.60. The molecule has 0 aliphatic heterocycles. The number of aliphatic hydroxyl groups excluding tert-OH is 1. The molecule has 2 heteroatoms. The Morgan fingerprint density at radius 1 is 1.25 bits per heavy atom. The molecule has 4 aliphatic rings. The van der Waals surface area contributed by atoms with E-state index in [1.54, 1.807) is 5.57 Å². The normalized spacial score (nSPS) is 51.0. The third-order valence-electron chi connectivity index (χ3n) is 7.06. The standard InChI is InChI=1S/C18H26O2/c1-18-10-15(19)17-12-5-3-2-4-11(12)6-7-13(17)14(18)8-9-16(18)20/h4,12-15,17,19H,2-3,5-10H2,1H3. The first-order valence-electron chi connectivity index (χ1n) is 8.51. The smallest absolute Gasteiger partial charge is 0.139 e. The van der Waals surface area contributed by atoms with Crippen LogP contribution in [0.25, 0.3) is 0 Å². The summed E-state index contributed by atoms with van der Waals surface area (Å²) in [7, 11) is 0. The van der Waals surface area contributed by atoms with Crippen molar-refractivity contribution in [1.29, 1.82) is 0 Å². The van der Waals surface area contributed by atoms with Crippen molar-refractivity contribution in [1.82, 2.24) is 0 Å². The molecule has 0 amide bonds. The fraction of sp³-hybridized carbons (Fsp3) is 0.833. The van der Waals surface area contributed by atoms with E-state index in [1.165, 1.54) is 32.1 Å². The summed E-state index contributed by atoms with van der Waals surface area (Å²) < 4.78 is 0. The van der Waals surface area contributed by atoms with Crippen LogP contribution in [-0.2, 0) is 4.79 Å². The van der Waals surface area contributed by atoms with Crippen LogP contribution < -0.4 is 0 Å². The van der Waals surface area contributed by atoms with E-state index in [0.29, 0.717) is 29.5 Å². The van der Waals surface area contributed by atoms with Crippen molar-refractivity contribution in [3.63, 3.8) is 0 Å². The summed E-state index contributed by atoms with van der Waals surface area (Å²) in [5.41, 5.74) is 1.42. The topological polar surface area (TPSA) is 37.3 Å². The number of aliphatic hydroxyl groups is 1. The second-order valence-electron chi connectivity index (χ2n) is 7.85. The van der Waals surface area contributed by atoms with Gasteiger partial charge in [-0.15, -0.1) is 0 Å². The van der Waals surface area contributed by atoms with Gasteiger partial charge in [0.15, 0.2) is 0 Å². The van der Waals surface area contributed by atoms with Gasteiger partial charge in [-0.05, 0) is 68.6 Å². The minimum absolute atomic E-state index is 0.212. The first-order valence-corrected chi connectivity index (χ1v) is 8.51. The molecular formula is C18H26O2. The molecule has 0 heterocycles. The van der Waals surface area contributed by atoms with Crippen molar-refractivity contribution in [3.05, 3.63) is 11.6 Å². The summed E-state index contributed by atoms with van der Waals surface area (Å²) in [6, 6.07) is 0. The number of fused-ring (bicyclic) bond motifs is 5. The highest BCUT2D eigenvalue weighted by molar-refractivity contribution is 5.87. The van der Waals surface area contributed by atoms with E-state index in [9.17, 15) is 9.90 Å². The van der Waals surface area contributed by atoms with Crippen LogP contribution in [0.5, 0.6) is 0 Å². The van der Waals surface area contributed by atoms with Gasteiger partial charge in [0.25, 0.3) is 0 Å². The molecule has 4 rings (SSSR count). The second-order valence-corrected chi connectivity index (χ2v) is 7.85. The number of Topliss-reactive ketones (excluding diaryl/α,β-unsaturated/α-hetero) is 1. The molecule has 0 aromatic heterocycles. The van der Waals surface area contributed by atoms with Crippen molar-refractivity contribution in [3.8, 4) is 0 Å². The Kier molecular flexibility index (Phi) is 2.89. The van der Waals surface area contributed by atoms with Gasteiger partial charge in [-0.2, -0.15) is 0 Å². The molecule has 1 N–H and O–H groups in total. The van der Waals surface area contributed by atoms with Gasteiger partial charge in [0.1, 0.15) is 5.78 Å². The van der Waals surface area contributed by atoms with Gasteiger partial charge in [0, 0.05) is 11.8 Å². The zero-order valence-electron chi connectivity index (χ0n) is 12.5. The summed E-state index contributed by atoms with van der Waals surface area (Å²) in [5.74, 6) is 2.63. The predicted octanol–water partition coefficient (Wildman–Crippen LogP) is 3.49. The van der Waals surface area contributed by atoms with Crippen molar-refractivity contribution < 1.29 is 9.90 Å². The summed E-state index contributed by atoms with van der Waals surface area (Å²) in [6.07, 6.45) is 11.0. The SMILES string of the molecule is CC12CC(O)C3C4CCCC=C4CCC3C1CCC2=O. The number of hydrogen-bond acceptors (Lipinski definition) is 2. The van der Waals surface area contributed by atoms with Crippen LogP contribution in [0.3, 0.4) is 0 Å². The van der Waals surface area contributed by atoms with Crippen molar-refractivity contribution in [2.24, 2.45) is 29.1 Å². The molecule has 0 aromatic carbocycles. The fourth-order valence-electron chi connectivity index (χ4n) is 6.16. The van der Waals surface area contributed by atoms with E-state index in [2.05, 4.69) is 13.0 Å². The summed E-state index contributed by atoms with van der Waals surface area (Å²) in [4.78, 5) is 12.3. The maximum absolute atomic E-state index is 12.3. The van der Waals surface area contributed by atoms with Crippen molar-refractivity contribution >= 4 is 5.78 Å². The minimum Gasteiger partial charge on any atom is -0.393 e. The number of carbonyl (C=O) groups excluding carboxylic acids is 1. The lowest BCUT2D eigenvalue weighted by molar-refractivity contribution is -0.140. The van der Waals surface area contributed by atoms with Gasteiger partial charge < -0.3 is 5.11 Å². The van der Waals surface area contributed by atoms with Crippen molar-refractivity contribution in [2.75, 3.05) is 0 Å². The van der Waals surface area contributed by atoms with Crippen LogP contribution >= 0.6 is 0 Å². The van der Waals surface area contributed by atoms with Gasteiger partial charge in [0.05, 0.1) is 6.10 Å². The maximum atomic E-state index is 12.3. The van der Waals surface area contributed by atoms with Crippen LogP contribution in [0.15, 0.2) is 11.6 Å². The lowest BCUT2D eigenvalue weighted by atomic mass is 9.51. The number of carbonyl (C=O) groups is 1. The Labute approximate surface area is 121 Å². The number of hydrogen-bond donors (Lipinski definition) is 1. The largest absolute Gasteiger partial charge is 0.393 e. The minimum atomic E-state index is -0.255. The summed E-state index contributed by atoms with van der Waals surface area (Å²) in [5, 5.41) is 10.8. The van der Waals surface area contributed by atoms with Crippen LogP contribution in [0.4, 0.5) is 0 Å². The predicted molar refractivity (Wildman–Crippen MR) is 78.1 cm³/mol. The number of ketones is 1. The Morgan fingerprint density at radius 3 is 2.95 bits per heavy atom. The van der Waals surface area contributed by atoms with Crippen molar-refractivity contribution in [2.45, 2.75) is 64.4 Å². The molecule has 3 saturated carbocycles. The Hall–Kier alpha value is -0.630. The first-order chi connectivity index (χ1) is 9.61. The van der Waals surface area contributed by atoms with Crippen LogP contribution in [-0.4, -0.2) is 17.0 Å². The molecule has 0 saturated heterocycles. The van der Waals surface area contributed by atoms with Crippen LogP contribution in [0.2, 0.25) is 0 Å². The van der Waals surface area contributed by atoms with Gasteiger partial charge in [-0.3, -0.25) is 4.79 Å². The quantitative estimate of drug-likeness (QED) is 0.687. The van der Waals surface area contributed by atoms with E-state index < -0.39 is 0 Å². The Bertz CT molecular complexity index is 466. The highest BCUT2D eigenvalue weighted by Gasteiger charge is 2.58. The molecule has 20 heavy (non-hydrogen) atoms. The highest BCUT2D eigenvalue weighted by atomic mass is 16.3. The average molecular weight is 274 g/mol. The molecule has 0 spiro atoms. The summed E-state index contributed by atoms with van der Waals surface area (Å²) in [6.45, 7) is 2.14.